The molecule has 3 nitrogen and oxygen atoms in total. The Morgan fingerprint density at radius 1 is 1.53 bits per heavy atom. The molecule has 0 spiro atoms. The Morgan fingerprint density at radius 2 is 2.27 bits per heavy atom. The first kappa shape index (κ1) is 10.7. The summed E-state index contributed by atoms with van der Waals surface area (Å²) >= 11 is 5.78. The molecule has 0 saturated heterocycles. The maximum absolute atomic E-state index is 5.78. The van der Waals surface area contributed by atoms with Crippen LogP contribution in [0.4, 0.5) is 5.82 Å². The normalized spacial score (nSPS) is 24.7. The second kappa shape index (κ2) is 4.37. The Morgan fingerprint density at radius 3 is 2.80 bits per heavy atom. The van der Waals surface area contributed by atoms with Crippen LogP contribution in [0.1, 0.15) is 12.8 Å². The van der Waals surface area contributed by atoms with Gasteiger partial charge in [0.2, 0.25) is 0 Å². The van der Waals surface area contributed by atoms with Gasteiger partial charge >= 0.3 is 0 Å². The van der Waals surface area contributed by atoms with Gasteiger partial charge in [0.15, 0.2) is 0 Å². The molecule has 1 aliphatic carbocycles. The van der Waals surface area contributed by atoms with E-state index in [1.165, 1.54) is 0 Å². The van der Waals surface area contributed by atoms with Crippen LogP contribution in [0, 0.1) is 5.92 Å². The molecule has 0 unspecified atom stereocenters. The molecule has 0 radical (unpaired) electrons. The van der Waals surface area contributed by atoms with Crippen LogP contribution in [0.15, 0.2) is 18.3 Å². The molecule has 15 heavy (non-hydrogen) atoms. The molecule has 0 atom stereocenters. The third kappa shape index (κ3) is 2.61. The number of rotatable bonds is 3. The third-order valence-electron chi connectivity index (χ3n) is 2.91. The maximum Gasteiger partial charge on any atom is 0.128 e. The van der Waals surface area contributed by atoms with E-state index in [2.05, 4.69) is 16.9 Å². The van der Waals surface area contributed by atoms with Crippen molar-refractivity contribution in [2.75, 3.05) is 18.5 Å². The lowest BCUT2D eigenvalue weighted by Gasteiger charge is -2.35. The average Bonchev–Trinajstić information content (AvgIpc) is 2.16. The summed E-state index contributed by atoms with van der Waals surface area (Å²) in [4.78, 5) is 6.43. The molecular formula is C11H16ClN3. The van der Waals surface area contributed by atoms with Crippen LogP contribution in [-0.2, 0) is 0 Å². The zero-order valence-corrected chi connectivity index (χ0v) is 9.61. The Labute approximate surface area is 95.2 Å². The number of nitrogens with two attached hydrogens (primary N) is 1. The van der Waals surface area contributed by atoms with Crippen molar-refractivity contribution >= 4 is 17.4 Å². The number of nitrogens with zero attached hydrogens (tertiary/aromatic N) is 2. The molecule has 1 saturated carbocycles. The molecule has 4 heteroatoms. The lowest BCUT2D eigenvalue weighted by atomic mass is 9.81. The zero-order chi connectivity index (χ0) is 10.8. The fraction of sp³-hybridized carbons (Fsp3) is 0.545. The molecule has 1 heterocycles. The van der Waals surface area contributed by atoms with E-state index in [0.29, 0.717) is 11.1 Å². The minimum atomic E-state index is 0.418. The Bertz CT molecular complexity index is 319. The van der Waals surface area contributed by atoms with Gasteiger partial charge in [-0.1, -0.05) is 11.6 Å². The van der Waals surface area contributed by atoms with Gasteiger partial charge in [-0.25, -0.2) is 4.98 Å². The summed E-state index contributed by atoms with van der Waals surface area (Å²) in [5.41, 5.74) is 5.75. The third-order valence-corrected chi connectivity index (χ3v) is 3.13. The van der Waals surface area contributed by atoms with Crippen LogP contribution in [0.2, 0.25) is 5.02 Å². The number of pyridine rings is 1. The molecular weight excluding hydrogens is 210 g/mol. The van der Waals surface area contributed by atoms with Crippen LogP contribution in [0.5, 0.6) is 0 Å². The van der Waals surface area contributed by atoms with Crippen molar-refractivity contribution < 1.29 is 0 Å². The van der Waals surface area contributed by atoms with Crippen molar-refractivity contribution in [2.24, 2.45) is 11.7 Å². The number of anilines is 1. The Balaban J connectivity index is 1.90. The second-order valence-corrected chi connectivity index (χ2v) is 4.75. The molecule has 2 rings (SSSR count). The van der Waals surface area contributed by atoms with Crippen molar-refractivity contribution in [3.63, 3.8) is 0 Å². The standard InChI is InChI=1S/C11H16ClN3/c1-15(7-8-4-10(13)5-8)11-3-2-9(12)6-14-11/h2-3,6,8,10H,4-5,7,13H2,1H3. The minimum absolute atomic E-state index is 0.418. The molecule has 0 aliphatic heterocycles. The van der Waals surface area contributed by atoms with E-state index >= 15 is 0 Å². The van der Waals surface area contributed by atoms with E-state index in [-0.39, 0.29) is 0 Å². The van der Waals surface area contributed by atoms with Gasteiger partial charge in [-0.2, -0.15) is 0 Å². The predicted molar refractivity (Wildman–Crippen MR) is 63.2 cm³/mol. The van der Waals surface area contributed by atoms with E-state index in [9.17, 15) is 0 Å². The summed E-state index contributed by atoms with van der Waals surface area (Å²) in [6.07, 6.45) is 3.95. The summed E-state index contributed by atoms with van der Waals surface area (Å²) in [5.74, 6) is 1.70. The number of aromatic nitrogens is 1. The van der Waals surface area contributed by atoms with Crippen molar-refractivity contribution in [3.8, 4) is 0 Å². The molecule has 82 valence electrons. The fourth-order valence-corrected chi connectivity index (χ4v) is 2.12. The van der Waals surface area contributed by atoms with Crippen molar-refractivity contribution in [2.45, 2.75) is 18.9 Å². The molecule has 1 aromatic rings. The SMILES string of the molecule is CN(CC1CC(N)C1)c1ccc(Cl)cn1. The molecule has 1 aromatic heterocycles. The highest BCUT2D eigenvalue weighted by Crippen LogP contribution is 2.27. The summed E-state index contributed by atoms with van der Waals surface area (Å²) in [6, 6.07) is 4.23. The highest BCUT2D eigenvalue weighted by Gasteiger charge is 2.26. The van der Waals surface area contributed by atoms with Gasteiger partial charge in [0.1, 0.15) is 5.82 Å². The smallest absolute Gasteiger partial charge is 0.128 e. The van der Waals surface area contributed by atoms with E-state index in [0.717, 1.165) is 31.1 Å². The summed E-state index contributed by atoms with van der Waals surface area (Å²) in [7, 11) is 2.06. The molecule has 1 fully saturated rings. The van der Waals surface area contributed by atoms with Crippen LogP contribution >= 0.6 is 11.6 Å². The van der Waals surface area contributed by atoms with Gasteiger partial charge in [0.05, 0.1) is 5.02 Å². The van der Waals surface area contributed by atoms with Crippen LogP contribution in [0.25, 0.3) is 0 Å². The Kier molecular flexibility index (Phi) is 3.12. The zero-order valence-electron chi connectivity index (χ0n) is 8.86. The maximum atomic E-state index is 5.78. The predicted octanol–water partition coefficient (Wildman–Crippen LogP) is 1.91. The topological polar surface area (TPSA) is 42.1 Å². The van der Waals surface area contributed by atoms with Gasteiger partial charge in [0, 0.05) is 25.8 Å². The van der Waals surface area contributed by atoms with E-state index in [1.54, 1.807) is 6.20 Å². The lowest BCUT2D eigenvalue weighted by Crippen LogP contribution is -2.42. The lowest BCUT2D eigenvalue weighted by molar-refractivity contribution is 0.270. The highest BCUT2D eigenvalue weighted by molar-refractivity contribution is 6.30. The molecule has 2 N–H and O–H groups in total. The first-order valence-corrected chi connectivity index (χ1v) is 5.61. The van der Waals surface area contributed by atoms with Crippen LogP contribution in [-0.4, -0.2) is 24.6 Å². The van der Waals surface area contributed by atoms with Gasteiger partial charge in [-0.15, -0.1) is 0 Å². The van der Waals surface area contributed by atoms with Crippen molar-refractivity contribution in [3.05, 3.63) is 23.4 Å². The largest absolute Gasteiger partial charge is 0.359 e. The Hall–Kier alpha value is -0.800. The first-order chi connectivity index (χ1) is 7.15. The molecule has 0 bridgehead atoms. The molecule has 0 amide bonds. The van der Waals surface area contributed by atoms with Gasteiger partial charge < -0.3 is 10.6 Å². The van der Waals surface area contributed by atoms with Crippen molar-refractivity contribution in [1.29, 1.82) is 0 Å². The van der Waals surface area contributed by atoms with E-state index < -0.39 is 0 Å². The number of hydrogen-bond acceptors (Lipinski definition) is 3. The molecule has 0 aromatic carbocycles. The van der Waals surface area contributed by atoms with Gasteiger partial charge in [-0.3, -0.25) is 0 Å². The summed E-state index contributed by atoms with van der Waals surface area (Å²) < 4.78 is 0. The summed E-state index contributed by atoms with van der Waals surface area (Å²) in [6.45, 7) is 1.03. The highest BCUT2D eigenvalue weighted by atomic mass is 35.5. The van der Waals surface area contributed by atoms with E-state index in [4.69, 9.17) is 17.3 Å². The first-order valence-electron chi connectivity index (χ1n) is 5.23. The molecule has 1 aliphatic rings. The van der Waals surface area contributed by atoms with Gasteiger partial charge in [0.25, 0.3) is 0 Å². The van der Waals surface area contributed by atoms with E-state index in [1.807, 2.05) is 12.1 Å². The quantitative estimate of drug-likeness (QED) is 0.855. The summed E-state index contributed by atoms with van der Waals surface area (Å²) in [5, 5.41) is 0.679. The average molecular weight is 226 g/mol. The van der Waals surface area contributed by atoms with Gasteiger partial charge in [-0.05, 0) is 30.9 Å². The van der Waals surface area contributed by atoms with Crippen molar-refractivity contribution in [1.82, 2.24) is 4.98 Å². The van der Waals surface area contributed by atoms with Crippen LogP contribution < -0.4 is 10.6 Å². The monoisotopic (exact) mass is 225 g/mol. The van der Waals surface area contributed by atoms with Crippen LogP contribution in [0.3, 0.4) is 0 Å². The fourth-order valence-electron chi connectivity index (χ4n) is 2.01. The number of hydrogen-bond donors (Lipinski definition) is 1. The minimum Gasteiger partial charge on any atom is -0.359 e. The number of halogens is 1. The second-order valence-electron chi connectivity index (χ2n) is 4.31.